The maximum atomic E-state index is 11.9. The van der Waals surface area contributed by atoms with Crippen LogP contribution in [0.25, 0.3) is 0 Å². The summed E-state index contributed by atoms with van der Waals surface area (Å²) in [5, 5.41) is 2.79. The van der Waals surface area contributed by atoms with Crippen LogP contribution in [0.4, 0.5) is 0 Å². The first kappa shape index (κ1) is 16.1. The average Bonchev–Trinajstić information content (AvgIpc) is 3.36. The second-order valence-corrected chi connectivity index (χ2v) is 5.28. The lowest BCUT2D eigenvalue weighted by molar-refractivity contribution is -0.150. The fourth-order valence-corrected chi connectivity index (χ4v) is 2.11. The van der Waals surface area contributed by atoms with Gasteiger partial charge < -0.3 is 19.5 Å². The van der Waals surface area contributed by atoms with E-state index in [-0.39, 0.29) is 30.4 Å². The Kier molecular flexibility index (Phi) is 5.25. The van der Waals surface area contributed by atoms with Crippen LogP contribution in [0.2, 0.25) is 0 Å². The van der Waals surface area contributed by atoms with Gasteiger partial charge in [0.15, 0.2) is 6.61 Å². The first-order valence-electron chi connectivity index (χ1n) is 7.23. The third kappa shape index (κ3) is 4.13. The van der Waals surface area contributed by atoms with Gasteiger partial charge in [-0.05, 0) is 38.0 Å². The minimum absolute atomic E-state index is 0.0105. The van der Waals surface area contributed by atoms with Crippen molar-refractivity contribution in [1.29, 1.82) is 0 Å². The molecule has 0 heterocycles. The Labute approximate surface area is 129 Å². The van der Waals surface area contributed by atoms with E-state index in [1.165, 1.54) is 0 Å². The van der Waals surface area contributed by atoms with Crippen LogP contribution in [0.15, 0.2) is 18.2 Å². The Morgan fingerprint density at radius 2 is 2.00 bits per heavy atom. The molecule has 0 aliphatic heterocycles. The van der Waals surface area contributed by atoms with Gasteiger partial charge in [0.25, 0.3) is 5.91 Å². The molecule has 1 atom stereocenters. The highest BCUT2D eigenvalue weighted by Crippen LogP contribution is 2.30. The molecular formula is C16H21NO5. The summed E-state index contributed by atoms with van der Waals surface area (Å²) in [5.74, 6) is 0.692. The molecule has 1 aliphatic carbocycles. The van der Waals surface area contributed by atoms with Crippen molar-refractivity contribution in [3.63, 3.8) is 0 Å². The van der Waals surface area contributed by atoms with Crippen molar-refractivity contribution in [3.05, 3.63) is 23.8 Å². The maximum Gasteiger partial charge on any atom is 0.309 e. The molecule has 0 spiro atoms. The first-order chi connectivity index (χ1) is 10.5. The number of rotatable bonds is 7. The molecule has 1 aliphatic rings. The standard InChI is InChI=1S/C16H21NO5/c1-10(13-8-12(20-2)6-7-14(13)21-3)17-15(18)9-22-16(19)11-4-5-11/h6-8,10-11H,4-5,9H2,1-3H3,(H,17,18)/t10-/m0/s1. The molecule has 6 nitrogen and oxygen atoms in total. The van der Waals surface area contributed by atoms with E-state index in [4.69, 9.17) is 14.2 Å². The van der Waals surface area contributed by atoms with Crippen molar-refractivity contribution in [2.24, 2.45) is 5.92 Å². The number of amides is 1. The molecule has 6 heteroatoms. The maximum absolute atomic E-state index is 11.9. The lowest BCUT2D eigenvalue weighted by atomic mass is 10.1. The number of ether oxygens (including phenoxy) is 3. The normalized spacial score (nSPS) is 14.9. The second-order valence-electron chi connectivity index (χ2n) is 5.28. The Morgan fingerprint density at radius 1 is 1.27 bits per heavy atom. The molecule has 1 amide bonds. The molecule has 0 bridgehead atoms. The van der Waals surface area contributed by atoms with Gasteiger partial charge in [-0.3, -0.25) is 9.59 Å². The fraction of sp³-hybridized carbons (Fsp3) is 0.500. The molecule has 0 saturated heterocycles. The summed E-state index contributed by atoms with van der Waals surface area (Å²) < 4.78 is 15.4. The molecule has 120 valence electrons. The van der Waals surface area contributed by atoms with E-state index in [1.54, 1.807) is 32.4 Å². The van der Waals surface area contributed by atoms with Crippen molar-refractivity contribution in [2.45, 2.75) is 25.8 Å². The van der Waals surface area contributed by atoms with Crippen LogP contribution in [0.1, 0.15) is 31.4 Å². The number of benzene rings is 1. The lowest BCUT2D eigenvalue weighted by Crippen LogP contribution is -2.31. The predicted molar refractivity (Wildman–Crippen MR) is 79.8 cm³/mol. The zero-order chi connectivity index (χ0) is 16.1. The van der Waals surface area contributed by atoms with Gasteiger partial charge in [0.1, 0.15) is 11.5 Å². The second kappa shape index (κ2) is 7.15. The van der Waals surface area contributed by atoms with Crippen LogP contribution in [-0.2, 0) is 14.3 Å². The molecule has 1 aromatic carbocycles. The SMILES string of the molecule is COc1ccc(OC)c([C@H](C)NC(=O)COC(=O)C2CC2)c1. The van der Waals surface area contributed by atoms with Gasteiger partial charge in [0, 0.05) is 5.56 Å². The third-order valence-electron chi connectivity index (χ3n) is 3.54. The Balaban J connectivity index is 1.93. The quantitative estimate of drug-likeness (QED) is 0.778. The van der Waals surface area contributed by atoms with Crippen LogP contribution >= 0.6 is 0 Å². The van der Waals surface area contributed by atoms with Crippen LogP contribution < -0.4 is 14.8 Å². The van der Waals surface area contributed by atoms with E-state index < -0.39 is 0 Å². The Morgan fingerprint density at radius 3 is 2.59 bits per heavy atom. The zero-order valence-corrected chi connectivity index (χ0v) is 13.0. The minimum Gasteiger partial charge on any atom is -0.497 e. The zero-order valence-electron chi connectivity index (χ0n) is 13.0. The van der Waals surface area contributed by atoms with Gasteiger partial charge in [0.05, 0.1) is 26.2 Å². The number of hydrogen-bond acceptors (Lipinski definition) is 5. The van der Waals surface area contributed by atoms with Crippen LogP contribution in [-0.4, -0.2) is 32.7 Å². The van der Waals surface area contributed by atoms with E-state index in [0.29, 0.717) is 11.5 Å². The van der Waals surface area contributed by atoms with Gasteiger partial charge >= 0.3 is 5.97 Å². The summed E-state index contributed by atoms with van der Waals surface area (Å²) in [4.78, 5) is 23.3. The van der Waals surface area contributed by atoms with Gasteiger partial charge in [-0.1, -0.05) is 0 Å². The van der Waals surface area contributed by atoms with E-state index in [1.807, 2.05) is 6.92 Å². The van der Waals surface area contributed by atoms with Crippen LogP contribution in [0.5, 0.6) is 11.5 Å². The Bertz CT molecular complexity index is 553. The van der Waals surface area contributed by atoms with E-state index >= 15 is 0 Å². The average molecular weight is 307 g/mol. The van der Waals surface area contributed by atoms with E-state index in [0.717, 1.165) is 18.4 Å². The van der Waals surface area contributed by atoms with E-state index in [2.05, 4.69) is 5.32 Å². The largest absolute Gasteiger partial charge is 0.497 e. The molecule has 22 heavy (non-hydrogen) atoms. The van der Waals surface area contributed by atoms with Crippen molar-refractivity contribution in [2.75, 3.05) is 20.8 Å². The highest BCUT2D eigenvalue weighted by Gasteiger charge is 2.31. The molecule has 1 saturated carbocycles. The Hall–Kier alpha value is -2.24. The molecule has 1 aromatic rings. The summed E-state index contributed by atoms with van der Waals surface area (Å²) in [6.45, 7) is 1.57. The monoisotopic (exact) mass is 307 g/mol. The number of hydrogen-bond donors (Lipinski definition) is 1. The molecule has 0 aromatic heterocycles. The minimum atomic E-state index is -0.341. The van der Waals surface area contributed by atoms with Crippen molar-refractivity contribution < 1.29 is 23.8 Å². The van der Waals surface area contributed by atoms with Crippen molar-refractivity contribution >= 4 is 11.9 Å². The molecular weight excluding hydrogens is 286 g/mol. The number of nitrogens with one attached hydrogen (secondary N) is 1. The van der Waals surface area contributed by atoms with E-state index in [9.17, 15) is 9.59 Å². The van der Waals surface area contributed by atoms with Crippen LogP contribution in [0.3, 0.4) is 0 Å². The third-order valence-corrected chi connectivity index (χ3v) is 3.54. The number of carbonyl (C=O) groups excluding carboxylic acids is 2. The van der Waals surface area contributed by atoms with Crippen LogP contribution in [0, 0.1) is 5.92 Å². The van der Waals surface area contributed by atoms with Gasteiger partial charge in [-0.15, -0.1) is 0 Å². The summed E-state index contributed by atoms with van der Waals surface area (Å²) in [6, 6.07) is 5.08. The first-order valence-corrected chi connectivity index (χ1v) is 7.23. The molecule has 1 N–H and O–H groups in total. The highest BCUT2D eigenvalue weighted by molar-refractivity contribution is 5.82. The summed E-state index contributed by atoms with van der Waals surface area (Å²) >= 11 is 0. The molecule has 2 rings (SSSR count). The smallest absolute Gasteiger partial charge is 0.309 e. The predicted octanol–water partition coefficient (Wildman–Crippen LogP) is 1.83. The lowest BCUT2D eigenvalue weighted by Gasteiger charge is -2.18. The van der Waals surface area contributed by atoms with Gasteiger partial charge in [0.2, 0.25) is 0 Å². The highest BCUT2D eigenvalue weighted by atomic mass is 16.5. The topological polar surface area (TPSA) is 73.9 Å². The number of carbonyl (C=O) groups is 2. The number of esters is 1. The van der Waals surface area contributed by atoms with Gasteiger partial charge in [-0.2, -0.15) is 0 Å². The summed E-state index contributed by atoms with van der Waals surface area (Å²) in [7, 11) is 3.14. The molecule has 1 fully saturated rings. The molecule has 0 unspecified atom stereocenters. The van der Waals surface area contributed by atoms with Crippen molar-refractivity contribution in [1.82, 2.24) is 5.32 Å². The number of methoxy groups -OCH3 is 2. The fourth-order valence-electron chi connectivity index (χ4n) is 2.11. The summed E-state index contributed by atoms with van der Waals surface area (Å²) in [5.41, 5.74) is 0.795. The molecule has 0 radical (unpaired) electrons. The van der Waals surface area contributed by atoms with Crippen molar-refractivity contribution in [3.8, 4) is 11.5 Å². The summed E-state index contributed by atoms with van der Waals surface area (Å²) in [6.07, 6.45) is 1.72. The van der Waals surface area contributed by atoms with Gasteiger partial charge in [-0.25, -0.2) is 0 Å².